The summed E-state index contributed by atoms with van der Waals surface area (Å²) in [6, 6.07) is 20.2. The van der Waals surface area contributed by atoms with Crippen LogP contribution in [0.5, 0.6) is 0 Å². The van der Waals surface area contributed by atoms with Gasteiger partial charge in [-0.25, -0.2) is 0 Å². The minimum absolute atomic E-state index is 0.0192. The fraction of sp³-hybridized carbons (Fsp3) is 0.107. The molecule has 7 nitrogen and oxygen atoms in total. The van der Waals surface area contributed by atoms with Gasteiger partial charge in [-0.1, -0.05) is 95.4 Å². The van der Waals surface area contributed by atoms with Crippen molar-refractivity contribution < 1.29 is 14.7 Å². The van der Waals surface area contributed by atoms with Crippen LogP contribution in [0, 0.1) is 6.92 Å². The topological polar surface area (TPSA) is 96.3 Å². The van der Waals surface area contributed by atoms with Crippen molar-refractivity contribution in [1.29, 1.82) is 0 Å². The van der Waals surface area contributed by atoms with Gasteiger partial charge in [0.15, 0.2) is 15.9 Å². The van der Waals surface area contributed by atoms with Crippen LogP contribution in [0.1, 0.15) is 28.3 Å². The molecule has 9 heteroatoms. The molecule has 1 N–H and O–H groups in total. The number of aryl methyl sites for hydroxylation is 1. The minimum Gasteiger partial charge on any atom is -0.503 e. The zero-order valence-electron chi connectivity index (χ0n) is 19.8. The molecule has 37 heavy (non-hydrogen) atoms. The molecule has 4 aromatic rings. The van der Waals surface area contributed by atoms with Crippen LogP contribution in [-0.2, 0) is 15.3 Å². The Balaban J connectivity index is 1.43. The monoisotopic (exact) mass is 526 g/mol. The largest absolute Gasteiger partial charge is 0.503 e. The molecule has 1 aliphatic heterocycles. The molecule has 1 aliphatic rings. The summed E-state index contributed by atoms with van der Waals surface area (Å²) in [6.45, 7) is 2.04. The molecule has 0 aliphatic carbocycles. The van der Waals surface area contributed by atoms with Gasteiger partial charge in [-0.05, 0) is 35.8 Å². The average Bonchev–Trinajstić information content (AvgIpc) is 3.50. The fourth-order valence-electron chi connectivity index (χ4n) is 3.92. The Morgan fingerprint density at radius 3 is 2.59 bits per heavy atom. The molecular weight excluding hydrogens is 504 g/mol. The van der Waals surface area contributed by atoms with E-state index in [1.165, 1.54) is 39.6 Å². The third kappa shape index (κ3) is 5.37. The zero-order valence-corrected chi connectivity index (χ0v) is 21.4. The third-order valence-electron chi connectivity index (χ3n) is 5.79. The molecule has 5 rings (SSSR count). The second-order valence-electron chi connectivity index (χ2n) is 8.36. The van der Waals surface area contributed by atoms with Gasteiger partial charge < -0.3 is 5.11 Å². The summed E-state index contributed by atoms with van der Waals surface area (Å²) in [5.41, 5.74) is 3.73. The lowest BCUT2D eigenvalue weighted by atomic mass is 9.97. The van der Waals surface area contributed by atoms with E-state index in [9.17, 15) is 14.7 Å². The lowest BCUT2D eigenvalue weighted by Crippen LogP contribution is -2.30. The number of carbonyl (C=O) groups excluding carboxylic acids is 2. The van der Waals surface area contributed by atoms with Gasteiger partial charge in [-0.3, -0.25) is 19.5 Å². The Kier molecular flexibility index (Phi) is 7.25. The molecule has 0 saturated carbocycles. The number of nitrogens with zero attached hydrogens (tertiary/aromatic N) is 4. The number of amides is 1. The number of rotatable bonds is 8. The standard InChI is InChI=1S/C28H22N4O3S2/c1-18-9-11-20(12-10-18)17-36-28-31-30-27(37-28)32-24(21-8-5-15-29-16-21)23(25(34)26(32)35)22(33)14-13-19-6-3-2-4-7-19/h2-16,24,34H,17H2,1H3. The fourth-order valence-corrected chi connectivity index (χ4v) is 5.74. The van der Waals surface area contributed by atoms with E-state index >= 15 is 0 Å². The third-order valence-corrected chi connectivity index (χ3v) is 7.91. The summed E-state index contributed by atoms with van der Waals surface area (Å²) in [5.74, 6) is -1.06. The normalized spacial score (nSPS) is 15.6. The number of aliphatic hydroxyl groups is 1. The summed E-state index contributed by atoms with van der Waals surface area (Å²) < 4.78 is 0.677. The van der Waals surface area contributed by atoms with Crippen LogP contribution in [0.4, 0.5) is 5.13 Å². The van der Waals surface area contributed by atoms with Crippen LogP contribution >= 0.6 is 23.1 Å². The number of allylic oxidation sites excluding steroid dienone is 1. The van der Waals surface area contributed by atoms with Gasteiger partial charge in [-0.15, -0.1) is 10.2 Å². The van der Waals surface area contributed by atoms with E-state index in [2.05, 4.69) is 39.4 Å². The van der Waals surface area contributed by atoms with Crippen molar-refractivity contribution in [3.63, 3.8) is 0 Å². The van der Waals surface area contributed by atoms with Crippen LogP contribution < -0.4 is 4.90 Å². The highest BCUT2D eigenvalue weighted by Crippen LogP contribution is 2.43. The quantitative estimate of drug-likeness (QED) is 0.178. The molecule has 1 amide bonds. The number of aromatic nitrogens is 3. The first-order valence-corrected chi connectivity index (χ1v) is 13.3. The number of anilines is 1. The molecule has 1 atom stereocenters. The first kappa shape index (κ1) is 24.6. The summed E-state index contributed by atoms with van der Waals surface area (Å²) in [5, 5.41) is 19.6. The van der Waals surface area contributed by atoms with Crippen molar-refractivity contribution in [2.75, 3.05) is 4.90 Å². The van der Waals surface area contributed by atoms with Gasteiger partial charge in [0.2, 0.25) is 5.13 Å². The van der Waals surface area contributed by atoms with Crippen LogP contribution in [0.2, 0.25) is 0 Å². The molecule has 184 valence electrons. The Morgan fingerprint density at radius 1 is 1.08 bits per heavy atom. The lowest BCUT2D eigenvalue weighted by Gasteiger charge is -2.23. The summed E-state index contributed by atoms with van der Waals surface area (Å²) in [6.07, 6.45) is 6.20. The summed E-state index contributed by atoms with van der Waals surface area (Å²) >= 11 is 2.75. The highest BCUT2D eigenvalue weighted by Gasteiger charge is 2.45. The van der Waals surface area contributed by atoms with Crippen LogP contribution in [0.25, 0.3) is 6.08 Å². The molecule has 0 radical (unpaired) electrons. The van der Waals surface area contributed by atoms with E-state index in [0.717, 1.165) is 11.1 Å². The number of hydrogen-bond acceptors (Lipinski definition) is 8. The zero-order chi connectivity index (χ0) is 25.8. The molecule has 0 spiro atoms. The van der Waals surface area contributed by atoms with Crippen molar-refractivity contribution in [1.82, 2.24) is 15.2 Å². The Hall–Kier alpha value is -4.08. The maximum atomic E-state index is 13.3. The second kappa shape index (κ2) is 10.9. The smallest absolute Gasteiger partial charge is 0.296 e. The number of aliphatic hydroxyl groups excluding tert-OH is 1. The number of carbonyl (C=O) groups is 2. The highest BCUT2D eigenvalue weighted by atomic mass is 32.2. The van der Waals surface area contributed by atoms with E-state index in [0.29, 0.717) is 20.8 Å². The number of ketones is 1. The SMILES string of the molecule is Cc1ccc(CSc2nnc(N3C(=O)C(O)=C(C(=O)C=Cc4ccccc4)C3c3cccnc3)s2)cc1. The van der Waals surface area contributed by atoms with E-state index in [4.69, 9.17) is 0 Å². The van der Waals surface area contributed by atoms with Crippen molar-refractivity contribution >= 4 is 46.0 Å². The van der Waals surface area contributed by atoms with E-state index in [-0.39, 0.29) is 5.57 Å². The first-order chi connectivity index (χ1) is 18.0. The van der Waals surface area contributed by atoms with Gasteiger partial charge in [0.1, 0.15) is 0 Å². The number of thioether (sulfide) groups is 1. The van der Waals surface area contributed by atoms with Gasteiger partial charge in [0.25, 0.3) is 5.91 Å². The van der Waals surface area contributed by atoms with Crippen molar-refractivity contribution in [2.45, 2.75) is 23.1 Å². The molecule has 1 unspecified atom stereocenters. The van der Waals surface area contributed by atoms with Crippen molar-refractivity contribution in [3.8, 4) is 0 Å². The Labute approximate surface area is 222 Å². The van der Waals surface area contributed by atoms with Crippen molar-refractivity contribution in [3.05, 3.63) is 119 Å². The number of pyridine rings is 1. The summed E-state index contributed by atoms with van der Waals surface area (Å²) in [7, 11) is 0. The average molecular weight is 527 g/mol. The van der Waals surface area contributed by atoms with Crippen molar-refractivity contribution in [2.24, 2.45) is 0 Å². The van der Waals surface area contributed by atoms with E-state index in [1.807, 2.05) is 37.3 Å². The van der Waals surface area contributed by atoms with Gasteiger partial charge in [0.05, 0.1) is 11.6 Å². The number of benzene rings is 2. The maximum Gasteiger partial charge on any atom is 0.296 e. The minimum atomic E-state index is -0.878. The van der Waals surface area contributed by atoms with Gasteiger partial charge in [-0.2, -0.15) is 0 Å². The second-order valence-corrected chi connectivity index (χ2v) is 10.5. The molecular formula is C28H22N4O3S2. The molecule has 0 fully saturated rings. The molecule has 0 saturated heterocycles. The van der Waals surface area contributed by atoms with Crippen LogP contribution in [-0.4, -0.2) is 32.0 Å². The summed E-state index contributed by atoms with van der Waals surface area (Å²) in [4.78, 5) is 32.0. The van der Waals surface area contributed by atoms with E-state index < -0.39 is 23.5 Å². The number of hydrogen-bond donors (Lipinski definition) is 1. The highest BCUT2D eigenvalue weighted by molar-refractivity contribution is 8.00. The molecule has 2 aromatic heterocycles. The first-order valence-electron chi connectivity index (χ1n) is 11.5. The predicted molar refractivity (Wildman–Crippen MR) is 145 cm³/mol. The molecule has 3 heterocycles. The van der Waals surface area contributed by atoms with E-state index in [1.54, 1.807) is 30.6 Å². The Morgan fingerprint density at radius 2 is 1.86 bits per heavy atom. The van der Waals surface area contributed by atoms with Gasteiger partial charge >= 0.3 is 0 Å². The Bertz CT molecular complexity index is 1480. The maximum absolute atomic E-state index is 13.3. The van der Waals surface area contributed by atoms with Gasteiger partial charge in [0, 0.05) is 18.1 Å². The van der Waals surface area contributed by atoms with Crippen LogP contribution in [0.15, 0.2) is 101 Å². The predicted octanol–water partition coefficient (Wildman–Crippen LogP) is 5.72. The molecule has 2 aromatic carbocycles. The lowest BCUT2D eigenvalue weighted by molar-refractivity contribution is -0.117. The molecule has 0 bridgehead atoms. The van der Waals surface area contributed by atoms with Crippen LogP contribution in [0.3, 0.4) is 0 Å².